The molecule has 0 aromatic heterocycles. The van der Waals surface area contributed by atoms with E-state index < -0.39 is 11.9 Å². The van der Waals surface area contributed by atoms with Gasteiger partial charge in [-0.15, -0.1) is 11.8 Å². The molecular formula is C19H17Cl2NO5S. The van der Waals surface area contributed by atoms with E-state index >= 15 is 0 Å². The Morgan fingerprint density at radius 2 is 1.57 bits per heavy atom. The predicted octanol–water partition coefficient (Wildman–Crippen LogP) is 4.44. The van der Waals surface area contributed by atoms with Crippen molar-refractivity contribution in [2.24, 2.45) is 0 Å². The average Bonchev–Trinajstić information content (AvgIpc) is 2.68. The smallest absolute Gasteiger partial charge is 0.337 e. The first-order valence-corrected chi connectivity index (χ1v) is 9.88. The molecule has 2 aromatic carbocycles. The maximum absolute atomic E-state index is 12.2. The number of amides is 1. The van der Waals surface area contributed by atoms with E-state index in [0.29, 0.717) is 21.5 Å². The van der Waals surface area contributed by atoms with Crippen LogP contribution in [0.2, 0.25) is 10.0 Å². The first-order chi connectivity index (χ1) is 13.3. The van der Waals surface area contributed by atoms with Crippen LogP contribution < -0.4 is 5.32 Å². The molecule has 0 saturated carbocycles. The number of benzene rings is 2. The summed E-state index contributed by atoms with van der Waals surface area (Å²) in [7, 11) is 2.45. The summed E-state index contributed by atoms with van der Waals surface area (Å²) < 4.78 is 9.34. The standard InChI is InChI=1S/C19H17Cl2NO5S/c1-26-18(24)12-5-13(19(25)27-2)7-15(6-12)22-17(23)10-28-9-11-3-4-14(20)8-16(11)21/h3-8H,9-10H2,1-2H3,(H,22,23). The fraction of sp³-hybridized carbons (Fsp3) is 0.211. The van der Waals surface area contributed by atoms with Crippen molar-refractivity contribution in [1.82, 2.24) is 0 Å². The molecule has 0 fully saturated rings. The lowest BCUT2D eigenvalue weighted by molar-refractivity contribution is -0.113. The number of rotatable bonds is 7. The summed E-state index contributed by atoms with van der Waals surface area (Å²) in [6.07, 6.45) is 0. The Kier molecular flexibility index (Phi) is 8.17. The Balaban J connectivity index is 2.03. The third-order valence-corrected chi connectivity index (χ3v) is 5.13. The molecule has 0 aliphatic carbocycles. The fourth-order valence-electron chi connectivity index (χ4n) is 2.26. The van der Waals surface area contributed by atoms with Crippen molar-refractivity contribution < 1.29 is 23.9 Å². The van der Waals surface area contributed by atoms with Gasteiger partial charge in [-0.05, 0) is 35.9 Å². The maximum atomic E-state index is 12.2. The summed E-state index contributed by atoms with van der Waals surface area (Å²) in [6.45, 7) is 0. The number of methoxy groups -OCH3 is 2. The number of nitrogens with one attached hydrogen (secondary N) is 1. The number of ether oxygens (including phenoxy) is 2. The zero-order chi connectivity index (χ0) is 20.7. The van der Waals surface area contributed by atoms with Crippen LogP contribution in [0.3, 0.4) is 0 Å². The molecular weight excluding hydrogens is 425 g/mol. The summed E-state index contributed by atoms with van der Waals surface area (Å²) in [5.74, 6) is -0.887. The Labute approximate surface area is 176 Å². The maximum Gasteiger partial charge on any atom is 0.337 e. The zero-order valence-electron chi connectivity index (χ0n) is 15.1. The van der Waals surface area contributed by atoms with Gasteiger partial charge in [-0.1, -0.05) is 29.3 Å². The van der Waals surface area contributed by atoms with Crippen molar-refractivity contribution in [2.45, 2.75) is 5.75 Å². The van der Waals surface area contributed by atoms with Gasteiger partial charge in [0.15, 0.2) is 0 Å². The van der Waals surface area contributed by atoms with Gasteiger partial charge in [0, 0.05) is 21.5 Å². The van der Waals surface area contributed by atoms with Gasteiger partial charge in [0.25, 0.3) is 0 Å². The molecule has 9 heteroatoms. The lowest BCUT2D eigenvalue weighted by Crippen LogP contribution is -2.16. The number of carbonyl (C=O) groups is 3. The molecule has 0 spiro atoms. The molecule has 0 saturated heterocycles. The molecule has 0 bridgehead atoms. The molecule has 148 valence electrons. The van der Waals surface area contributed by atoms with E-state index in [-0.39, 0.29) is 22.8 Å². The van der Waals surface area contributed by atoms with Gasteiger partial charge in [-0.2, -0.15) is 0 Å². The van der Waals surface area contributed by atoms with Crippen LogP contribution in [0.4, 0.5) is 5.69 Å². The van der Waals surface area contributed by atoms with Crippen LogP contribution in [-0.2, 0) is 20.0 Å². The summed E-state index contributed by atoms with van der Waals surface area (Å²) >= 11 is 13.3. The zero-order valence-corrected chi connectivity index (χ0v) is 17.4. The Morgan fingerprint density at radius 3 is 2.11 bits per heavy atom. The molecule has 0 aliphatic heterocycles. The summed E-state index contributed by atoms with van der Waals surface area (Å²) in [4.78, 5) is 35.8. The quantitative estimate of drug-likeness (QED) is 0.639. The Hall–Kier alpha value is -2.22. The largest absolute Gasteiger partial charge is 0.465 e. The van der Waals surface area contributed by atoms with E-state index in [2.05, 4.69) is 14.8 Å². The van der Waals surface area contributed by atoms with Gasteiger partial charge in [-0.3, -0.25) is 4.79 Å². The molecule has 0 unspecified atom stereocenters. The van der Waals surface area contributed by atoms with Gasteiger partial charge < -0.3 is 14.8 Å². The van der Waals surface area contributed by atoms with E-state index in [1.165, 1.54) is 44.2 Å². The Morgan fingerprint density at radius 1 is 0.964 bits per heavy atom. The second-order valence-corrected chi connectivity index (χ2v) is 7.39. The normalized spacial score (nSPS) is 10.3. The summed E-state index contributed by atoms with van der Waals surface area (Å²) in [5.41, 5.74) is 1.41. The van der Waals surface area contributed by atoms with Crippen molar-refractivity contribution in [2.75, 3.05) is 25.3 Å². The molecule has 1 N–H and O–H groups in total. The second-order valence-electron chi connectivity index (χ2n) is 5.56. The van der Waals surface area contributed by atoms with Crippen molar-refractivity contribution >= 4 is 58.5 Å². The van der Waals surface area contributed by atoms with Gasteiger partial charge in [0.1, 0.15) is 0 Å². The highest BCUT2D eigenvalue weighted by Crippen LogP contribution is 2.25. The van der Waals surface area contributed by atoms with Crippen LogP contribution in [0.5, 0.6) is 0 Å². The molecule has 28 heavy (non-hydrogen) atoms. The number of hydrogen-bond acceptors (Lipinski definition) is 6. The van der Waals surface area contributed by atoms with Crippen molar-refractivity contribution in [3.63, 3.8) is 0 Å². The summed E-state index contributed by atoms with van der Waals surface area (Å²) in [6, 6.07) is 9.37. The molecule has 0 aliphatic rings. The first-order valence-electron chi connectivity index (χ1n) is 7.97. The van der Waals surface area contributed by atoms with E-state index in [1.54, 1.807) is 18.2 Å². The minimum absolute atomic E-state index is 0.126. The summed E-state index contributed by atoms with van der Waals surface area (Å²) in [5, 5.41) is 3.74. The SMILES string of the molecule is COC(=O)c1cc(NC(=O)CSCc2ccc(Cl)cc2Cl)cc(C(=O)OC)c1. The van der Waals surface area contributed by atoms with Crippen LogP contribution in [0.15, 0.2) is 36.4 Å². The van der Waals surface area contributed by atoms with Crippen LogP contribution in [0.1, 0.15) is 26.3 Å². The monoisotopic (exact) mass is 441 g/mol. The van der Waals surface area contributed by atoms with Gasteiger partial charge in [0.2, 0.25) is 5.91 Å². The number of esters is 2. The molecule has 0 radical (unpaired) electrons. The van der Waals surface area contributed by atoms with Crippen LogP contribution >= 0.6 is 35.0 Å². The molecule has 2 aromatic rings. The fourth-order valence-corrected chi connectivity index (χ4v) is 3.65. The highest BCUT2D eigenvalue weighted by molar-refractivity contribution is 7.99. The van der Waals surface area contributed by atoms with E-state index in [1.807, 2.05) is 0 Å². The van der Waals surface area contributed by atoms with Crippen LogP contribution in [0, 0.1) is 0 Å². The molecule has 2 rings (SSSR count). The van der Waals surface area contributed by atoms with Gasteiger partial charge >= 0.3 is 11.9 Å². The lowest BCUT2D eigenvalue weighted by atomic mass is 10.1. The predicted molar refractivity (Wildman–Crippen MR) is 110 cm³/mol. The average molecular weight is 442 g/mol. The van der Waals surface area contributed by atoms with Crippen molar-refractivity contribution in [3.8, 4) is 0 Å². The number of carbonyl (C=O) groups excluding carboxylic acids is 3. The van der Waals surface area contributed by atoms with Gasteiger partial charge in [0.05, 0.1) is 31.1 Å². The second kappa shape index (κ2) is 10.4. The highest BCUT2D eigenvalue weighted by Gasteiger charge is 2.15. The number of hydrogen-bond donors (Lipinski definition) is 1. The van der Waals surface area contributed by atoms with E-state index in [0.717, 1.165) is 5.56 Å². The highest BCUT2D eigenvalue weighted by atomic mass is 35.5. The third-order valence-electron chi connectivity index (χ3n) is 3.56. The third kappa shape index (κ3) is 6.15. The Bertz CT molecular complexity index is 870. The van der Waals surface area contributed by atoms with E-state index in [9.17, 15) is 14.4 Å². The topological polar surface area (TPSA) is 81.7 Å². The van der Waals surface area contributed by atoms with Crippen LogP contribution in [-0.4, -0.2) is 37.8 Å². The molecule has 6 nitrogen and oxygen atoms in total. The molecule has 1 amide bonds. The molecule has 0 heterocycles. The lowest BCUT2D eigenvalue weighted by Gasteiger charge is -2.10. The van der Waals surface area contributed by atoms with E-state index in [4.69, 9.17) is 23.2 Å². The number of thioether (sulfide) groups is 1. The minimum atomic E-state index is -0.631. The van der Waals surface area contributed by atoms with Crippen molar-refractivity contribution in [1.29, 1.82) is 0 Å². The minimum Gasteiger partial charge on any atom is -0.465 e. The number of halogens is 2. The first kappa shape index (κ1) is 22.1. The van der Waals surface area contributed by atoms with Crippen molar-refractivity contribution in [3.05, 3.63) is 63.1 Å². The molecule has 0 atom stereocenters. The van der Waals surface area contributed by atoms with Crippen LogP contribution in [0.25, 0.3) is 0 Å². The van der Waals surface area contributed by atoms with Gasteiger partial charge in [-0.25, -0.2) is 9.59 Å². The number of anilines is 1.